The first-order valence-electron chi connectivity index (χ1n) is 5.40. The van der Waals surface area contributed by atoms with E-state index in [0.29, 0.717) is 16.8 Å². The molecule has 96 valence electrons. The van der Waals surface area contributed by atoms with Crippen LogP contribution in [-0.2, 0) is 0 Å². The molecule has 0 aliphatic heterocycles. The number of nitrogens with two attached hydrogens (primary N) is 1. The molecule has 0 radical (unpaired) electrons. The Morgan fingerprint density at radius 1 is 1.28 bits per heavy atom. The number of aromatic nitrogens is 1. The zero-order chi connectivity index (χ0) is 13.4. The van der Waals surface area contributed by atoms with Gasteiger partial charge < -0.3 is 5.43 Å². The van der Waals surface area contributed by atoms with E-state index in [1.54, 1.807) is 6.07 Å². The fraction of sp³-hybridized carbons (Fsp3) is 0.250. The van der Waals surface area contributed by atoms with Crippen molar-refractivity contribution in [3.63, 3.8) is 0 Å². The Bertz CT molecular complexity index is 614. The molecular weight excluding hydrogens is 304 g/mol. The number of benzene rings is 1. The van der Waals surface area contributed by atoms with Crippen LogP contribution in [0.25, 0.3) is 10.9 Å². The number of anilines is 1. The molecule has 18 heavy (non-hydrogen) atoms. The zero-order valence-corrected chi connectivity index (χ0v) is 11.5. The maximum absolute atomic E-state index is 13.8. The molecule has 1 aromatic carbocycles. The number of halogens is 3. The number of nitrogens with one attached hydrogen (secondary N) is 1. The largest absolute Gasteiger partial charge is 0.323 e. The van der Waals surface area contributed by atoms with Crippen LogP contribution in [0.1, 0.15) is 25.5 Å². The van der Waals surface area contributed by atoms with E-state index in [4.69, 9.17) is 5.84 Å². The van der Waals surface area contributed by atoms with Crippen LogP contribution in [0.3, 0.4) is 0 Å². The second kappa shape index (κ2) is 4.78. The highest BCUT2D eigenvalue weighted by molar-refractivity contribution is 9.10. The van der Waals surface area contributed by atoms with Crippen LogP contribution >= 0.6 is 15.9 Å². The van der Waals surface area contributed by atoms with Gasteiger partial charge in [-0.2, -0.15) is 0 Å². The molecule has 1 aromatic heterocycles. The van der Waals surface area contributed by atoms with E-state index in [1.165, 1.54) is 0 Å². The fourth-order valence-electron chi connectivity index (χ4n) is 1.73. The number of hydrogen-bond donors (Lipinski definition) is 2. The summed E-state index contributed by atoms with van der Waals surface area (Å²) in [6.45, 7) is 3.87. The van der Waals surface area contributed by atoms with Crippen molar-refractivity contribution in [3.05, 3.63) is 33.9 Å². The third-order valence-electron chi connectivity index (χ3n) is 2.70. The molecule has 0 bridgehead atoms. The Balaban J connectivity index is 2.91. The van der Waals surface area contributed by atoms with Gasteiger partial charge in [0.15, 0.2) is 5.82 Å². The van der Waals surface area contributed by atoms with Crippen molar-refractivity contribution in [1.29, 1.82) is 0 Å². The van der Waals surface area contributed by atoms with Crippen molar-refractivity contribution in [2.75, 3.05) is 5.43 Å². The minimum Gasteiger partial charge on any atom is -0.323 e. The Labute approximate surface area is 111 Å². The molecule has 0 fully saturated rings. The summed E-state index contributed by atoms with van der Waals surface area (Å²) in [6, 6.07) is 2.50. The monoisotopic (exact) mass is 315 g/mol. The van der Waals surface area contributed by atoms with Gasteiger partial charge in [0.25, 0.3) is 0 Å². The van der Waals surface area contributed by atoms with Gasteiger partial charge in [-0.1, -0.05) is 13.8 Å². The lowest BCUT2D eigenvalue weighted by Gasteiger charge is -2.13. The lowest BCUT2D eigenvalue weighted by atomic mass is 10.1. The van der Waals surface area contributed by atoms with Gasteiger partial charge in [-0.15, -0.1) is 0 Å². The van der Waals surface area contributed by atoms with E-state index in [1.807, 2.05) is 13.8 Å². The van der Waals surface area contributed by atoms with Crippen LogP contribution in [0.15, 0.2) is 16.6 Å². The van der Waals surface area contributed by atoms with Crippen LogP contribution in [0.4, 0.5) is 14.5 Å². The van der Waals surface area contributed by atoms with Crippen LogP contribution in [0.5, 0.6) is 0 Å². The second-order valence-electron chi connectivity index (χ2n) is 4.27. The summed E-state index contributed by atoms with van der Waals surface area (Å²) >= 11 is 3.09. The minimum atomic E-state index is -0.704. The van der Waals surface area contributed by atoms with Gasteiger partial charge in [0.2, 0.25) is 0 Å². The molecular formula is C12H12BrF2N3. The summed E-state index contributed by atoms with van der Waals surface area (Å²) in [5, 5.41) is 0.305. The lowest BCUT2D eigenvalue weighted by Crippen LogP contribution is -2.10. The zero-order valence-electron chi connectivity index (χ0n) is 9.89. The Hall–Kier alpha value is -1.27. The summed E-state index contributed by atoms with van der Waals surface area (Å²) in [4.78, 5) is 4.22. The van der Waals surface area contributed by atoms with Gasteiger partial charge in [-0.05, 0) is 27.9 Å². The van der Waals surface area contributed by atoms with Gasteiger partial charge >= 0.3 is 0 Å². The van der Waals surface area contributed by atoms with Crippen molar-refractivity contribution in [3.8, 4) is 0 Å². The van der Waals surface area contributed by atoms with Crippen molar-refractivity contribution < 1.29 is 8.78 Å². The average Bonchev–Trinajstić information content (AvgIpc) is 2.34. The number of nitrogen functional groups attached to an aromatic ring is 1. The first-order chi connectivity index (χ1) is 8.45. The molecule has 0 saturated heterocycles. The third-order valence-corrected chi connectivity index (χ3v) is 3.47. The molecule has 0 unspecified atom stereocenters. The predicted octanol–water partition coefficient (Wildman–Crippen LogP) is 3.68. The Morgan fingerprint density at radius 3 is 2.50 bits per heavy atom. The summed E-state index contributed by atoms with van der Waals surface area (Å²) in [5.74, 6) is 4.14. The maximum atomic E-state index is 13.8. The molecule has 0 atom stereocenters. The van der Waals surface area contributed by atoms with Crippen molar-refractivity contribution in [2.45, 2.75) is 19.8 Å². The van der Waals surface area contributed by atoms with Gasteiger partial charge in [0.1, 0.15) is 11.3 Å². The standard InChI is InChI=1S/C12H12BrF2N3/c1-5(2)8-4-9(18-16)10-11(13)6(14)3-7(15)12(10)17-8/h3-5H,16H2,1-2H3,(H,17,18). The van der Waals surface area contributed by atoms with Crippen molar-refractivity contribution >= 4 is 32.5 Å². The van der Waals surface area contributed by atoms with Crippen LogP contribution in [-0.4, -0.2) is 4.98 Å². The highest BCUT2D eigenvalue weighted by Gasteiger charge is 2.17. The molecule has 3 nitrogen and oxygen atoms in total. The highest BCUT2D eigenvalue weighted by atomic mass is 79.9. The molecule has 1 heterocycles. The molecule has 6 heteroatoms. The van der Waals surface area contributed by atoms with Gasteiger partial charge in [-0.3, -0.25) is 5.84 Å². The molecule has 2 aromatic rings. The molecule has 0 aliphatic rings. The average molecular weight is 316 g/mol. The molecule has 0 saturated carbocycles. The van der Waals surface area contributed by atoms with Crippen LogP contribution < -0.4 is 11.3 Å². The normalized spacial score (nSPS) is 11.3. The van der Waals surface area contributed by atoms with E-state index in [-0.39, 0.29) is 15.9 Å². The topological polar surface area (TPSA) is 50.9 Å². The van der Waals surface area contributed by atoms with Gasteiger partial charge in [0, 0.05) is 17.1 Å². The Morgan fingerprint density at radius 2 is 1.94 bits per heavy atom. The van der Waals surface area contributed by atoms with E-state index in [2.05, 4.69) is 26.3 Å². The number of hydrogen-bond acceptors (Lipinski definition) is 3. The summed E-state index contributed by atoms with van der Waals surface area (Å²) < 4.78 is 27.4. The number of nitrogens with zero attached hydrogens (tertiary/aromatic N) is 1. The molecule has 0 spiro atoms. The summed E-state index contributed by atoms with van der Waals surface area (Å²) in [6.07, 6.45) is 0. The number of fused-ring (bicyclic) bond motifs is 1. The number of rotatable bonds is 2. The quantitative estimate of drug-likeness (QED) is 0.505. The molecule has 2 rings (SSSR count). The van der Waals surface area contributed by atoms with Crippen molar-refractivity contribution in [2.24, 2.45) is 5.84 Å². The number of hydrazine groups is 1. The summed E-state index contributed by atoms with van der Waals surface area (Å²) in [5.41, 5.74) is 3.68. The minimum absolute atomic E-state index is 0.0995. The third kappa shape index (κ3) is 2.06. The summed E-state index contributed by atoms with van der Waals surface area (Å²) in [7, 11) is 0. The van der Waals surface area contributed by atoms with E-state index in [0.717, 1.165) is 6.07 Å². The first kappa shape index (κ1) is 13.2. The van der Waals surface area contributed by atoms with Gasteiger partial charge in [-0.25, -0.2) is 13.8 Å². The molecule has 0 aliphatic carbocycles. The van der Waals surface area contributed by atoms with E-state index >= 15 is 0 Å². The molecule has 3 N–H and O–H groups in total. The van der Waals surface area contributed by atoms with E-state index < -0.39 is 11.6 Å². The second-order valence-corrected chi connectivity index (χ2v) is 5.06. The van der Waals surface area contributed by atoms with Crippen LogP contribution in [0, 0.1) is 11.6 Å². The Kier molecular flexibility index (Phi) is 3.49. The molecule has 0 amide bonds. The van der Waals surface area contributed by atoms with Crippen LogP contribution in [0.2, 0.25) is 0 Å². The predicted molar refractivity (Wildman–Crippen MR) is 71.3 cm³/mol. The van der Waals surface area contributed by atoms with Crippen molar-refractivity contribution in [1.82, 2.24) is 4.98 Å². The van der Waals surface area contributed by atoms with Gasteiger partial charge in [0.05, 0.1) is 10.2 Å². The maximum Gasteiger partial charge on any atom is 0.152 e. The number of pyridine rings is 1. The smallest absolute Gasteiger partial charge is 0.152 e. The lowest BCUT2D eigenvalue weighted by molar-refractivity contribution is 0.586. The first-order valence-corrected chi connectivity index (χ1v) is 6.19. The van der Waals surface area contributed by atoms with E-state index in [9.17, 15) is 8.78 Å². The fourth-order valence-corrected chi connectivity index (χ4v) is 2.25. The highest BCUT2D eigenvalue weighted by Crippen LogP contribution is 2.34. The SMILES string of the molecule is CC(C)c1cc(NN)c2c(Br)c(F)cc(F)c2n1.